The van der Waals surface area contributed by atoms with Gasteiger partial charge < -0.3 is 40.4 Å². The number of carbonyl (C=O) groups is 3. The maximum Gasteiger partial charge on any atom is 0.416 e. The second-order valence-corrected chi connectivity index (χ2v) is 36.1. The lowest BCUT2D eigenvalue weighted by Gasteiger charge is -2.28. The molecule has 702 valence electrons. The lowest BCUT2D eigenvalue weighted by molar-refractivity contribution is -0.117. The van der Waals surface area contributed by atoms with E-state index in [4.69, 9.17) is 21.0 Å². The standard InChI is InChI=1S/C24H22N6O2.C23H22FN5O2.C18H13BrFN5O.C18H14BrN5O.C17H19BrN6O/c1-24(2,3)32-23(31)29(16-17-7-6-11-26-15-17)22-14-20(28-21-10-12-27-30(21)22)18-8-5-9-19(13-18)25-4;1-23(2,3)31-22(30)28(15-16-5-4-11-25-14-16)21-13-19(17-6-8-18(24)9-7-17)27-20-10-12-26-29(20)21;19-13-10-23-25-16(21-8-11-5-6-17(26)22-9-11)7-15(24-18(13)25)12-3-1-2-4-14(12)20;19-14-11-21-24-16(20-10-13-7-4-8-17(25)22-13)9-15(23-18(14)24)12-5-2-1-3-6-12;18-14-10-21-24-15(20-9-12-3-1-5-19-8-12)7-16(22-17(14)24)23-6-2-4-13(23)11-25/h5-15H,16H2,1-3H3;4-14H,15H2,1-3H3;1-7,9-10,21H,8H2,(H,22,26);1-7,9,11,20H,8,10H2;1,3,5,7-8,10,13,20,25H,2,4,6,9,11H2/t;;;;13-/m....1/s1. The molecule has 1 saturated heterocycles. The Morgan fingerprint density at radius 2 is 1.03 bits per heavy atom. The summed E-state index contributed by atoms with van der Waals surface area (Å²) in [4.78, 5) is 100. The topological polar surface area (TPSA) is 375 Å². The zero-order valence-corrected chi connectivity index (χ0v) is 80.5. The largest absolute Gasteiger partial charge is 0.443 e. The van der Waals surface area contributed by atoms with E-state index < -0.39 is 23.4 Å². The van der Waals surface area contributed by atoms with Gasteiger partial charge in [-0.3, -0.25) is 34.3 Å². The number of carbonyl (C=O) groups excluding carboxylic acids is 3. The highest BCUT2D eigenvalue weighted by atomic mass is 79.9. The van der Waals surface area contributed by atoms with Gasteiger partial charge in [0.15, 0.2) is 33.9 Å². The number of nitrogens with one attached hydrogen (secondary N) is 4. The molecule has 0 radical (unpaired) electrons. The lowest BCUT2D eigenvalue weighted by atomic mass is 10.1. The molecule has 2 aliphatic rings. The van der Waals surface area contributed by atoms with E-state index in [0.29, 0.717) is 99.0 Å². The fourth-order valence-electron chi connectivity index (χ4n) is 14.8. The van der Waals surface area contributed by atoms with Crippen molar-refractivity contribution in [2.45, 2.75) is 104 Å². The van der Waals surface area contributed by atoms with Gasteiger partial charge in [0.2, 0.25) is 11.5 Å². The second kappa shape index (κ2) is 43.7. The molecule has 2 aliphatic heterocycles. The minimum atomic E-state index is -0.680. The van der Waals surface area contributed by atoms with Gasteiger partial charge in [-0.25, -0.2) is 53.1 Å². The number of aromatic nitrogens is 19. The lowest BCUT2D eigenvalue weighted by Crippen LogP contribution is -2.37. The molecule has 0 unspecified atom stereocenters. The van der Waals surface area contributed by atoms with Crippen LogP contribution < -0.4 is 36.2 Å². The number of dihydropyridines is 1. The van der Waals surface area contributed by atoms with Gasteiger partial charge in [-0.15, -0.1) is 0 Å². The summed E-state index contributed by atoms with van der Waals surface area (Å²) in [6, 6.07) is 57.1. The molecule has 139 heavy (non-hydrogen) atoms. The Kier molecular flexibility index (Phi) is 30.2. The summed E-state index contributed by atoms with van der Waals surface area (Å²) in [6.45, 7) is 21.3. The van der Waals surface area contributed by atoms with Crippen molar-refractivity contribution in [3.8, 4) is 45.0 Å². The third-order valence-electron chi connectivity index (χ3n) is 21.2. The van der Waals surface area contributed by atoms with Crippen LogP contribution in [0.5, 0.6) is 0 Å². The van der Waals surface area contributed by atoms with Crippen LogP contribution in [0.4, 0.5) is 59.0 Å². The van der Waals surface area contributed by atoms with Crippen LogP contribution in [-0.4, -0.2) is 159 Å². The van der Waals surface area contributed by atoms with Gasteiger partial charge in [0.05, 0.1) is 112 Å². The number of H-pyrrole nitrogens is 1. The van der Waals surface area contributed by atoms with E-state index in [1.807, 2.05) is 151 Å². The Balaban J connectivity index is 0.000000126. The summed E-state index contributed by atoms with van der Waals surface area (Å²) >= 11 is 10.4. The van der Waals surface area contributed by atoms with Crippen molar-refractivity contribution in [2.75, 3.05) is 50.3 Å². The van der Waals surface area contributed by atoms with Crippen molar-refractivity contribution in [1.29, 1.82) is 0 Å². The van der Waals surface area contributed by atoms with Crippen LogP contribution >= 0.6 is 47.8 Å². The van der Waals surface area contributed by atoms with Crippen molar-refractivity contribution in [2.24, 2.45) is 4.99 Å². The maximum atomic E-state index is 14.2. The number of amides is 3. The zero-order chi connectivity index (χ0) is 97.3. The number of halogens is 5. The number of pyridine rings is 4. The predicted octanol–water partition coefficient (Wildman–Crippen LogP) is 19.7. The van der Waals surface area contributed by atoms with E-state index in [2.05, 4.69) is 144 Å². The number of hydrogen-bond acceptors (Lipinski definition) is 24. The number of rotatable bonds is 21. The highest BCUT2D eigenvalue weighted by Crippen LogP contribution is 2.36. The SMILES string of the molecule is CC(C)(C)OC(=O)N(Cc1cccnc1)c1cc(-c2ccc(F)cc2)nc2ccnn12.O=C1CC=CC(CNc2cc(-c3ccccc3)nc3c(Br)cnn23)=N1.O=c1ccc(CNc2cc(-c3ccccc3F)nc3c(Br)cnn23)c[nH]1.OC[C@H]1CCCN1c1cc(NCc2cccnc2)n2ncc(Br)c2n1.[C-]#[N+]c1cccc(-c2cc(N(Cc3cccnc3)C(=O)OC(C)(C)C)n3nccc3n2)c1. The first-order valence-electron chi connectivity index (χ1n) is 43.8. The third-order valence-corrected chi connectivity index (χ3v) is 22.9. The quantitative estimate of drug-likeness (QED) is 0.0417. The molecule has 1 atom stereocenters. The van der Waals surface area contributed by atoms with E-state index in [1.54, 1.807) is 170 Å². The molecule has 0 aliphatic carbocycles. The molecule has 18 aromatic rings. The van der Waals surface area contributed by atoms with Gasteiger partial charge >= 0.3 is 12.2 Å². The Morgan fingerprint density at radius 3 is 1.57 bits per heavy atom. The molecule has 14 aromatic heterocycles. The highest BCUT2D eigenvalue weighted by Gasteiger charge is 2.31. The summed E-state index contributed by atoms with van der Waals surface area (Å²) in [6.07, 6.45) is 25.4. The number of ether oxygens (including phenoxy) is 2. The number of anilines is 6. The first-order chi connectivity index (χ1) is 67.2. The number of fused-ring (bicyclic) bond motifs is 5. The van der Waals surface area contributed by atoms with Gasteiger partial charge in [-0.2, -0.15) is 48.1 Å². The average Bonchev–Trinajstić information content (AvgIpc) is 1.73. The van der Waals surface area contributed by atoms with E-state index in [9.17, 15) is 33.1 Å². The minimum Gasteiger partial charge on any atom is -0.443 e. The van der Waals surface area contributed by atoms with Crippen LogP contribution in [0.25, 0.3) is 78.1 Å². The van der Waals surface area contributed by atoms with Gasteiger partial charge in [0.25, 0.3) is 0 Å². The molecule has 39 heteroatoms. The van der Waals surface area contributed by atoms with Crippen molar-refractivity contribution < 1.29 is 37.7 Å². The van der Waals surface area contributed by atoms with Gasteiger partial charge in [-0.1, -0.05) is 91.0 Å². The van der Waals surface area contributed by atoms with Crippen LogP contribution in [0.2, 0.25) is 0 Å². The molecule has 1 fully saturated rings. The van der Waals surface area contributed by atoms with Crippen LogP contribution in [0.1, 0.15) is 83.1 Å². The average molecular weight is 2060 g/mol. The van der Waals surface area contributed by atoms with E-state index in [-0.39, 0.29) is 48.8 Å². The minimum absolute atomic E-state index is 0.119. The molecule has 20 rings (SSSR count). The van der Waals surface area contributed by atoms with E-state index in [1.165, 1.54) is 34.1 Å². The fourth-order valence-corrected chi connectivity index (χ4v) is 15.8. The summed E-state index contributed by atoms with van der Waals surface area (Å²) in [7, 11) is 0. The number of aliphatic hydroxyl groups is 1. The molecule has 4 aromatic carbocycles. The molecular formula is C100H90Br3F2N27O7. The van der Waals surface area contributed by atoms with Crippen molar-refractivity contribution in [1.82, 2.24) is 92.9 Å². The Labute approximate surface area is 819 Å². The van der Waals surface area contributed by atoms with Crippen LogP contribution in [0.15, 0.2) is 304 Å². The van der Waals surface area contributed by atoms with E-state index in [0.717, 1.165) is 102 Å². The normalized spacial score (nSPS) is 12.8. The fraction of sp³-hybridized carbons (Fsp3) is 0.190. The molecule has 3 amide bonds. The van der Waals surface area contributed by atoms with Crippen molar-refractivity contribution in [3.05, 3.63) is 350 Å². The number of benzene rings is 4. The molecule has 0 spiro atoms. The zero-order valence-electron chi connectivity index (χ0n) is 75.8. The maximum absolute atomic E-state index is 14.2. The summed E-state index contributed by atoms with van der Waals surface area (Å²) in [5.41, 5.74) is 12.0. The second-order valence-electron chi connectivity index (χ2n) is 33.6. The summed E-state index contributed by atoms with van der Waals surface area (Å²) in [5.74, 6) is 3.35. The number of aromatic amines is 1. The van der Waals surface area contributed by atoms with Crippen molar-refractivity contribution in [3.63, 3.8) is 0 Å². The van der Waals surface area contributed by atoms with Crippen LogP contribution in [0, 0.1) is 18.2 Å². The molecular weight excluding hydrogens is 1970 g/mol. The number of hydrogen-bond donors (Lipinski definition) is 5. The monoisotopic (exact) mass is 2060 g/mol. The first kappa shape index (κ1) is 96.1. The van der Waals surface area contributed by atoms with Crippen LogP contribution in [-0.2, 0) is 40.4 Å². The predicted molar refractivity (Wildman–Crippen MR) is 537 cm³/mol. The molecule has 16 heterocycles. The van der Waals surface area contributed by atoms with Gasteiger partial charge in [0, 0.05) is 135 Å². The Morgan fingerprint density at radius 1 is 0.518 bits per heavy atom. The highest BCUT2D eigenvalue weighted by molar-refractivity contribution is 9.11. The molecule has 34 nitrogen and oxygen atoms in total. The molecule has 0 saturated carbocycles. The number of nitrogens with zero attached hydrogens (tertiary/aromatic N) is 23. The molecule has 5 N–H and O–H groups in total. The summed E-state index contributed by atoms with van der Waals surface area (Å²) < 4.78 is 49.7. The number of aliphatic hydroxyl groups excluding tert-OH is 1. The number of aliphatic imine (C=N–C) groups is 1. The summed E-state index contributed by atoms with van der Waals surface area (Å²) in [5, 5.41) is 41.4. The third kappa shape index (κ3) is 24.3. The first-order valence-corrected chi connectivity index (χ1v) is 46.2. The van der Waals surface area contributed by atoms with Crippen molar-refractivity contribution >= 4 is 140 Å². The van der Waals surface area contributed by atoms with Gasteiger partial charge in [0.1, 0.15) is 57.7 Å². The van der Waals surface area contributed by atoms with E-state index >= 15 is 0 Å². The van der Waals surface area contributed by atoms with Gasteiger partial charge in [-0.05, 0) is 197 Å². The smallest absolute Gasteiger partial charge is 0.416 e. The Hall–Kier alpha value is -16.1. The Bertz CT molecular complexity index is 7580. The molecule has 0 bridgehead atoms. The van der Waals surface area contributed by atoms with Crippen LogP contribution in [0.3, 0.4) is 0 Å².